The molecule has 0 aliphatic carbocycles. The highest BCUT2D eigenvalue weighted by atomic mass is 32.2. The van der Waals surface area contributed by atoms with Gasteiger partial charge in [-0.3, -0.25) is 4.90 Å². The third-order valence-electron chi connectivity index (χ3n) is 2.81. The van der Waals surface area contributed by atoms with Crippen LogP contribution in [0.5, 0.6) is 0 Å². The zero-order valence-electron chi connectivity index (χ0n) is 9.08. The Morgan fingerprint density at radius 3 is 2.19 bits per heavy atom. The van der Waals surface area contributed by atoms with Gasteiger partial charge in [-0.25, -0.2) is 8.42 Å². The molecular weight excluding hydrogens is 224 g/mol. The number of rotatable bonds is 3. The minimum absolute atomic E-state index is 0.192. The summed E-state index contributed by atoms with van der Waals surface area (Å²) >= 11 is 0. The van der Waals surface area contributed by atoms with Gasteiger partial charge in [0.2, 0.25) is 0 Å². The first-order chi connectivity index (χ1) is 7.75. The minimum Gasteiger partial charge on any atom is -0.369 e. The van der Waals surface area contributed by atoms with Crippen LogP contribution in [0.25, 0.3) is 0 Å². The van der Waals surface area contributed by atoms with Crippen molar-refractivity contribution in [3.63, 3.8) is 0 Å². The number of nitrogens with zero attached hydrogens (tertiary/aromatic N) is 2. The average Bonchev–Trinajstić information content (AvgIpc) is 2.30. The van der Waals surface area contributed by atoms with E-state index in [0.717, 1.165) is 26.2 Å². The first-order valence-electron chi connectivity index (χ1n) is 5.40. The number of piperazine rings is 1. The molecule has 1 heterocycles. The van der Waals surface area contributed by atoms with Gasteiger partial charge in [-0.1, -0.05) is 18.2 Å². The van der Waals surface area contributed by atoms with Gasteiger partial charge in [0.1, 0.15) is 0 Å². The predicted molar refractivity (Wildman–Crippen MR) is 65.4 cm³/mol. The Hall–Kier alpha value is -1.07. The van der Waals surface area contributed by atoms with E-state index >= 15 is 0 Å². The summed E-state index contributed by atoms with van der Waals surface area (Å²) in [4.78, 5) is 4.26. The number of hydrogen-bond acceptors (Lipinski definition) is 4. The molecule has 16 heavy (non-hydrogen) atoms. The molecule has 0 bridgehead atoms. The van der Waals surface area contributed by atoms with Crippen LogP contribution < -0.4 is 4.90 Å². The van der Waals surface area contributed by atoms with Gasteiger partial charge in [-0.2, -0.15) is 0 Å². The molecule has 0 atom stereocenters. The molecule has 0 unspecified atom stereocenters. The first-order valence-corrected chi connectivity index (χ1v) is 6.76. The average molecular weight is 240 g/mol. The van der Waals surface area contributed by atoms with Crippen molar-refractivity contribution in [3.05, 3.63) is 30.3 Å². The summed E-state index contributed by atoms with van der Waals surface area (Å²) in [6.07, 6.45) is 0. The normalized spacial score (nSPS) is 17.9. The Morgan fingerprint density at radius 1 is 1.00 bits per heavy atom. The lowest BCUT2D eigenvalue weighted by molar-refractivity contribution is 0.296. The highest BCUT2D eigenvalue weighted by molar-refractivity contribution is 7.72. The van der Waals surface area contributed by atoms with E-state index in [4.69, 9.17) is 0 Å². The molecule has 88 valence electrons. The Morgan fingerprint density at radius 2 is 1.62 bits per heavy atom. The molecule has 5 heteroatoms. The largest absolute Gasteiger partial charge is 0.369 e. The van der Waals surface area contributed by atoms with E-state index in [-0.39, 0.29) is 5.88 Å². The standard InChI is InChI=1S/C11H16N2O2S/c14-16(15)10-12-6-8-13(9-7-12)11-4-2-1-3-5-11/h1-5,16H,6-10H2. The van der Waals surface area contributed by atoms with Crippen LogP contribution in [-0.2, 0) is 10.7 Å². The van der Waals surface area contributed by atoms with E-state index in [1.165, 1.54) is 5.69 Å². The summed E-state index contributed by atoms with van der Waals surface area (Å²) in [5.41, 5.74) is 1.22. The predicted octanol–water partition coefficient (Wildman–Crippen LogP) is 0.377. The molecule has 2 rings (SSSR count). The van der Waals surface area contributed by atoms with Crippen molar-refractivity contribution in [1.82, 2.24) is 4.90 Å². The summed E-state index contributed by atoms with van der Waals surface area (Å²) in [6, 6.07) is 10.2. The molecule has 0 N–H and O–H groups in total. The number of benzene rings is 1. The Balaban J connectivity index is 1.90. The smallest absolute Gasteiger partial charge is 0.153 e. The molecule has 4 nitrogen and oxygen atoms in total. The van der Waals surface area contributed by atoms with Crippen LogP contribution in [-0.4, -0.2) is 45.4 Å². The zero-order chi connectivity index (χ0) is 11.4. The fraction of sp³-hybridized carbons (Fsp3) is 0.455. The summed E-state index contributed by atoms with van der Waals surface area (Å²) in [6.45, 7) is 3.43. The van der Waals surface area contributed by atoms with Crippen molar-refractivity contribution in [2.24, 2.45) is 0 Å². The number of anilines is 1. The van der Waals surface area contributed by atoms with Crippen LogP contribution in [0.2, 0.25) is 0 Å². The van der Waals surface area contributed by atoms with E-state index in [1.807, 2.05) is 23.1 Å². The van der Waals surface area contributed by atoms with Gasteiger partial charge in [0.25, 0.3) is 0 Å². The van der Waals surface area contributed by atoms with E-state index in [0.29, 0.717) is 0 Å². The Labute approximate surface area is 97.4 Å². The molecule has 0 amide bonds. The van der Waals surface area contributed by atoms with Crippen molar-refractivity contribution >= 4 is 16.4 Å². The highest BCUT2D eigenvalue weighted by Crippen LogP contribution is 2.15. The molecule has 0 saturated carbocycles. The van der Waals surface area contributed by atoms with E-state index in [2.05, 4.69) is 17.0 Å². The van der Waals surface area contributed by atoms with Gasteiger partial charge >= 0.3 is 0 Å². The third-order valence-corrected chi connectivity index (χ3v) is 3.44. The second-order valence-electron chi connectivity index (χ2n) is 3.91. The second-order valence-corrected chi connectivity index (χ2v) is 4.86. The van der Waals surface area contributed by atoms with Gasteiger partial charge in [-0.05, 0) is 12.1 Å². The first kappa shape index (κ1) is 11.4. The summed E-state index contributed by atoms with van der Waals surface area (Å²) in [5.74, 6) is 0.192. The van der Waals surface area contributed by atoms with Crippen molar-refractivity contribution < 1.29 is 8.42 Å². The molecule has 1 aliphatic heterocycles. The maximum atomic E-state index is 10.6. The lowest BCUT2D eigenvalue weighted by Gasteiger charge is -2.35. The third kappa shape index (κ3) is 2.96. The van der Waals surface area contributed by atoms with Gasteiger partial charge in [0.05, 0.1) is 5.88 Å². The fourth-order valence-corrected chi connectivity index (χ4v) is 2.56. The van der Waals surface area contributed by atoms with Crippen molar-refractivity contribution in [3.8, 4) is 0 Å². The molecule has 0 radical (unpaired) electrons. The lowest BCUT2D eigenvalue weighted by Crippen LogP contribution is -2.46. The van der Waals surface area contributed by atoms with E-state index in [9.17, 15) is 8.42 Å². The van der Waals surface area contributed by atoms with Gasteiger partial charge < -0.3 is 4.90 Å². The zero-order valence-corrected chi connectivity index (χ0v) is 9.97. The van der Waals surface area contributed by atoms with Crippen molar-refractivity contribution in [2.45, 2.75) is 0 Å². The maximum Gasteiger partial charge on any atom is 0.153 e. The molecular formula is C11H16N2O2S. The number of hydrogen-bond donors (Lipinski definition) is 1. The number of thiol groups is 1. The Bertz CT molecular complexity index is 390. The fourth-order valence-electron chi connectivity index (χ4n) is 1.95. The van der Waals surface area contributed by atoms with Crippen LogP contribution in [0.15, 0.2) is 30.3 Å². The molecule has 1 aliphatic rings. The van der Waals surface area contributed by atoms with Gasteiger partial charge in [0.15, 0.2) is 10.7 Å². The SMILES string of the molecule is O=[SH](=O)CN1CCN(c2ccccc2)CC1. The monoisotopic (exact) mass is 240 g/mol. The second kappa shape index (κ2) is 5.32. The van der Waals surface area contributed by atoms with Crippen LogP contribution >= 0.6 is 0 Å². The number of para-hydroxylation sites is 1. The van der Waals surface area contributed by atoms with Crippen LogP contribution in [0.4, 0.5) is 5.69 Å². The summed E-state index contributed by atoms with van der Waals surface area (Å²) in [5, 5.41) is 0. The Kier molecular flexibility index (Phi) is 3.79. The lowest BCUT2D eigenvalue weighted by atomic mass is 10.2. The van der Waals surface area contributed by atoms with Crippen LogP contribution in [0, 0.1) is 0 Å². The van der Waals surface area contributed by atoms with Gasteiger partial charge in [0, 0.05) is 31.9 Å². The maximum absolute atomic E-state index is 10.6. The molecule has 0 spiro atoms. The van der Waals surface area contributed by atoms with Crippen molar-refractivity contribution in [2.75, 3.05) is 37.0 Å². The topological polar surface area (TPSA) is 40.6 Å². The summed E-state index contributed by atoms with van der Waals surface area (Å²) < 4.78 is 21.2. The highest BCUT2D eigenvalue weighted by Gasteiger charge is 2.16. The van der Waals surface area contributed by atoms with E-state index in [1.54, 1.807) is 0 Å². The van der Waals surface area contributed by atoms with E-state index < -0.39 is 10.7 Å². The molecule has 1 saturated heterocycles. The van der Waals surface area contributed by atoms with Crippen molar-refractivity contribution in [1.29, 1.82) is 0 Å². The van der Waals surface area contributed by atoms with Crippen LogP contribution in [0.3, 0.4) is 0 Å². The van der Waals surface area contributed by atoms with Gasteiger partial charge in [-0.15, -0.1) is 0 Å². The van der Waals surface area contributed by atoms with Crippen LogP contribution in [0.1, 0.15) is 0 Å². The molecule has 0 aromatic heterocycles. The minimum atomic E-state index is -2.28. The molecule has 1 fully saturated rings. The molecule has 1 aromatic rings. The molecule has 1 aromatic carbocycles. The quantitative estimate of drug-likeness (QED) is 0.775. The summed E-state index contributed by atoms with van der Waals surface area (Å²) in [7, 11) is -2.28.